The van der Waals surface area contributed by atoms with Gasteiger partial charge in [0.25, 0.3) is 0 Å². The Balaban J connectivity index is 1.73. The van der Waals surface area contributed by atoms with Gasteiger partial charge in [0.15, 0.2) is 5.75 Å². The molecule has 2 nitrogen and oxygen atoms in total. The second kappa shape index (κ2) is 8.39. The number of hydrogen-bond donors (Lipinski definition) is 0. The molecular weight excluding hydrogens is 373 g/mol. The maximum atomic E-state index is 6.42. The van der Waals surface area contributed by atoms with Crippen molar-refractivity contribution < 1.29 is 4.74 Å². The third-order valence-electron chi connectivity index (χ3n) is 4.39. The molecule has 1 fully saturated rings. The predicted molar refractivity (Wildman–Crippen MR) is 109 cm³/mol. The summed E-state index contributed by atoms with van der Waals surface area (Å²) in [4.78, 5) is 3.04. The molecule has 1 aliphatic heterocycles. The molecule has 3 rings (SSSR count). The lowest BCUT2D eigenvalue weighted by Crippen LogP contribution is -2.34. The van der Waals surface area contributed by atoms with E-state index in [1.54, 1.807) is 0 Å². The molecule has 0 spiro atoms. The van der Waals surface area contributed by atoms with E-state index in [4.69, 9.17) is 40.2 Å². The van der Waals surface area contributed by atoms with Gasteiger partial charge >= 0.3 is 0 Å². The number of thiocarbonyl (C=S) groups is 1. The highest BCUT2D eigenvalue weighted by molar-refractivity contribution is 7.80. The standard InChI is InChI=1S/C20H21Cl2NOS/c1-14-5-7-15(8-6-14)13-24-19-17(21)11-16(12-18(19)22)20(25)23-9-3-2-4-10-23/h5-8,11-12H,2-4,9-10,13H2,1H3. The van der Waals surface area contributed by atoms with Gasteiger partial charge in [-0.15, -0.1) is 0 Å². The first kappa shape index (κ1) is 18.5. The number of piperidine rings is 1. The molecule has 0 bridgehead atoms. The van der Waals surface area contributed by atoms with E-state index in [1.165, 1.54) is 24.8 Å². The van der Waals surface area contributed by atoms with Crippen molar-refractivity contribution in [3.05, 3.63) is 63.1 Å². The van der Waals surface area contributed by atoms with Crippen molar-refractivity contribution in [3.8, 4) is 5.75 Å². The average Bonchev–Trinajstić information content (AvgIpc) is 2.62. The number of hydrogen-bond acceptors (Lipinski definition) is 2. The van der Waals surface area contributed by atoms with Crippen molar-refractivity contribution in [1.82, 2.24) is 4.90 Å². The van der Waals surface area contributed by atoms with Crippen molar-refractivity contribution in [2.24, 2.45) is 0 Å². The summed E-state index contributed by atoms with van der Waals surface area (Å²) in [6.45, 7) is 4.48. The van der Waals surface area contributed by atoms with Crippen LogP contribution in [0.3, 0.4) is 0 Å². The van der Waals surface area contributed by atoms with E-state index in [2.05, 4.69) is 24.0 Å². The van der Waals surface area contributed by atoms with Gasteiger partial charge in [-0.2, -0.15) is 0 Å². The number of aryl methyl sites for hydroxylation is 1. The quantitative estimate of drug-likeness (QED) is 0.587. The van der Waals surface area contributed by atoms with Crippen LogP contribution in [0.15, 0.2) is 36.4 Å². The fraction of sp³-hybridized carbons (Fsp3) is 0.350. The van der Waals surface area contributed by atoms with Gasteiger partial charge in [0.05, 0.1) is 10.0 Å². The molecule has 0 aromatic heterocycles. The van der Waals surface area contributed by atoms with Crippen molar-refractivity contribution >= 4 is 40.4 Å². The first-order valence-corrected chi connectivity index (χ1v) is 9.67. The van der Waals surface area contributed by atoms with Crippen LogP contribution in [0.4, 0.5) is 0 Å². The van der Waals surface area contributed by atoms with Crippen LogP contribution in [0.1, 0.15) is 36.0 Å². The van der Waals surface area contributed by atoms with Crippen LogP contribution in [0.25, 0.3) is 0 Å². The van der Waals surface area contributed by atoms with E-state index in [0.29, 0.717) is 22.4 Å². The third-order valence-corrected chi connectivity index (χ3v) is 5.45. The van der Waals surface area contributed by atoms with Crippen molar-refractivity contribution in [2.75, 3.05) is 13.1 Å². The average molecular weight is 394 g/mol. The van der Waals surface area contributed by atoms with Crippen molar-refractivity contribution in [3.63, 3.8) is 0 Å². The summed E-state index contributed by atoms with van der Waals surface area (Å²) in [7, 11) is 0. The zero-order chi connectivity index (χ0) is 17.8. The van der Waals surface area contributed by atoms with E-state index < -0.39 is 0 Å². The number of ether oxygens (including phenoxy) is 1. The summed E-state index contributed by atoms with van der Waals surface area (Å²) < 4.78 is 5.85. The van der Waals surface area contributed by atoms with Gasteiger partial charge in [-0.25, -0.2) is 0 Å². The molecule has 132 valence electrons. The fourth-order valence-electron chi connectivity index (χ4n) is 2.94. The monoisotopic (exact) mass is 393 g/mol. The van der Waals surface area contributed by atoms with Gasteiger partial charge in [-0.05, 0) is 43.9 Å². The van der Waals surface area contributed by atoms with Gasteiger partial charge in [-0.3, -0.25) is 0 Å². The highest BCUT2D eigenvalue weighted by Gasteiger charge is 2.18. The molecule has 2 aromatic carbocycles. The molecule has 1 heterocycles. The number of rotatable bonds is 4. The van der Waals surface area contributed by atoms with E-state index in [-0.39, 0.29) is 0 Å². The van der Waals surface area contributed by atoms with Crippen LogP contribution in [0, 0.1) is 6.92 Å². The van der Waals surface area contributed by atoms with Crippen LogP contribution in [0.2, 0.25) is 10.0 Å². The largest absolute Gasteiger partial charge is 0.486 e. The first-order chi connectivity index (χ1) is 12.0. The molecule has 0 radical (unpaired) electrons. The van der Waals surface area contributed by atoms with Gasteiger partial charge in [-0.1, -0.05) is 65.2 Å². The van der Waals surface area contributed by atoms with Gasteiger partial charge in [0.1, 0.15) is 11.6 Å². The van der Waals surface area contributed by atoms with Gasteiger partial charge in [0, 0.05) is 18.7 Å². The Labute approximate surface area is 164 Å². The van der Waals surface area contributed by atoms with Gasteiger partial charge in [0.2, 0.25) is 0 Å². The van der Waals surface area contributed by atoms with E-state index in [9.17, 15) is 0 Å². The minimum Gasteiger partial charge on any atom is -0.486 e. The Morgan fingerprint density at radius 1 is 1.04 bits per heavy atom. The van der Waals surface area contributed by atoms with Crippen LogP contribution < -0.4 is 4.74 Å². The third kappa shape index (κ3) is 4.66. The van der Waals surface area contributed by atoms with Gasteiger partial charge < -0.3 is 9.64 Å². The molecular formula is C20H21Cl2NOS. The molecule has 0 unspecified atom stereocenters. The topological polar surface area (TPSA) is 12.5 Å². The summed E-state index contributed by atoms with van der Waals surface area (Å²) >= 11 is 18.5. The van der Waals surface area contributed by atoms with Crippen molar-refractivity contribution in [2.45, 2.75) is 32.8 Å². The normalized spacial score (nSPS) is 14.4. The van der Waals surface area contributed by atoms with Crippen molar-refractivity contribution in [1.29, 1.82) is 0 Å². The Bertz CT molecular complexity index is 732. The molecule has 0 atom stereocenters. The molecule has 0 saturated carbocycles. The minimum atomic E-state index is 0.426. The summed E-state index contributed by atoms with van der Waals surface area (Å²) in [5.74, 6) is 0.508. The summed E-state index contributed by atoms with van der Waals surface area (Å²) in [5.41, 5.74) is 3.18. The second-order valence-corrected chi connectivity index (χ2v) is 7.60. The lowest BCUT2D eigenvalue weighted by atomic mass is 10.1. The maximum absolute atomic E-state index is 6.42. The maximum Gasteiger partial charge on any atom is 0.157 e. The zero-order valence-corrected chi connectivity index (χ0v) is 16.6. The smallest absolute Gasteiger partial charge is 0.157 e. The summed E-state index contributed by atoms with van der Waals surface area (Å²) in [5, 5.41) is 0.989. The van der Waals surface area contributed by atoms with E-state index in [0.717, 1.165) is 29.2 Å². The number of benzene rings is 2. The Kier molecular flexibility index (Phi) is 6.21. The van der Waals surface area contributed by atoms with Crippen LogP contribution in [0.5, 0.6) is 5.75 Å². The number of likely N-dealkylation sites (tertiary alicyclic amines) is 1. The summed E-state index contributed by atoms with van der Waals surface area (Å²) in [6.07, 6.45) is 3.63. The molecule has 1 saturated heterocycles. The highest BCUT2D eigenvalue weighted by Crippen LogP contribution is 2.35. The van der Waals surface area contributed by atoms with Crippen LogP contribution in [-0.4, -0.2) is 23.0 Å². The molecule has 1 aliphatic rings. The summed E-state index contributed by atoms with van der Waals surface area (Å²) in [6, 6.07) is 11.9. The van der Waals surface area contributed by atoms with E-state index in [1.807, 2.05) is 24.3 Å². The Hall–Kier alpha value is -1.29. The SMILES string of the molecule is Cc1ccc(COc2c(Cl)cc(C(=S)N3CCCCC3)cc2Cl)cc1. The molecule has 2 aromatic rings. The van der Waals surface area contributed by atoms with Crippen LogP contribution in [-0.2, 0) is 6.61 Å². The predicted octanol–water partition coefficient (Wildman–Crippen LogP) is 6.04. The molecule has 0 N–H and O–H groups in total. The second-order valence-electron chi connectivity index (χ2n) is 6.40. The Morgan fingerprint density at radius 2 is 1.64 bits per heavy atom. The molecule has 0 aliphatic carbocycles. The minimum absolute atomic E-state index is 0.426. The zero-order valence-electron chi connectivity index (χ0n) is 14.2. The first-order valence-electron chi connectivity index (χ1n) is 8.51. The Morgan fingerprint density at radius 3 is 2.24 bits per heavy atom. The number of halogens is 2. The highest BCUT2D eigenvalue weighted by atomic mass is 35.5. The van der Waals surface area contributed by atoms with Crippen LogP contribution >= 0.6 is 35.4 Å². The fourth-order valence-corrected chi connectivity index (χ4v) is 3.84. The molecule has 5 heteroatoms. The molecule has 0 amide bonds. The number of nitrogens with zero attached hydrogens (tertiary/aromatic N) is 1. The lowest BCUT2D eigenvalue weighted by molar-refractivity contribution is 0.306. The lowest BCUT2D eigenvalue weighted by Gasteiger charge is -2.29. The molecule has 25 heavy (non-hydrogen) atoms. The van der Waals surface area contributed by atoms with E-state index >= 15 is 0 Å².